The minimum Gasteiger partial charge on any atom is -0.486 e. The molecule has 0 saturated heterocycles. The number of hydrogen-bond acceptors (Lipinski definition) is 7. The third-order valence-corrected chi connectivity index (χ3v) is 3.43. The summed E-state index contributed by atoms with van der Waals surface area (Å²) in [4.78, 5) is 11.7. The summed E-state index contributed by atoms with van der Waals surface area (Å²) in [6, 6.07) is 13.5. The van der Waals surface area contributed by atoms with E-state index >= 15 is 0 Å². The van der Waals surface area contributed by atoms with Crippen molar-refractivity contribution in [1.82, 2.24) is 15.0 Å². The molecule has 0 spiro atoms. The van der Waals surface area contributed by atoms with E-state index < -0.39 is 0 Å². The van der Waals surface area contributed by atoms with Gasteiger partial charge in [0.15, 0.2) is 5.82 Å². The number of hydrogen-bond donors (Lipinski definition) is 2. The quantitative estimate of drug-likeness (QED) is 0.597. The number of benzene rings is 2. The van der Waals surface area contributed by atoms with E-state index in [1.54, 1.807) is 0 Å². The Morgan fingerprint density at radius 1 is 0.870 bits per heavy atom. The summed E-state index contributed by atoms with van der Waals surface area (Å²) in [6.45, 7) is 0.151. The maximum atomic E-state index is 5.78. The number of furan rings is 1. The van der Waals surface area contributed by atoms with E-state index in [0.29, 0.717) is 11.6 Å². The van der Waals surface area contributed by atoms with Gasteiger partial charge in [-0.15, -0.1) is 0 Å². The van der Waals surface area contributed by atoms with Gasteiger partial charge in [0.1, 0.15) is 23.5 Å². The molecule has 0 amide bonds. The van der Waals surface area contributed by atoms with Gasteiger partial charge in [0.25, 0.3) is 0 Å². The maximum Gasteiger partial charge on any atom is 0.225 e. The summed E-state index contributed by atoms with van der Waals surface area (Å²) in [7, 11) is 0. The van der Waals surface area contributed by atoms with Gasteiger partial charge in [0.05, 0.1) is 0 Å². The van der Waals surface area contributed by atoms with Crippen molar-refractivity contribution in [3.8, 4) is 5.75 Å². The monoisotopic (exact) mass is 307 g/mol. The summed E-state index contributed by atoms with van der Waals surface area (Å²) in [5, 5.41) is 2.04. The third kappa shape index (κ3) is 2.48. The lowest BCUT2D eigenvalue weighted by molar-refractivity contribution is 0.296. The van der Waals surface area contributed by atoms with Crippen molar-refractivity contribution in [2.75, 3.05) is 11.5 Å². The van der Waals surface area contributed by atoms with E-state index in [2.05, 4.69) is 15.0 Å². The van der Waals surface area contributed by atoms with Crippen molar-refractivity contribution in [2.24, 2.45) is 0 Å². The number of para-hydroxylation sites is 1. The van der Waals surface area contributed by atoms with Crippen LogP contribution in [0, 0.1) is 0 Å². The summed E-state index contributed by atoms with van der Waals surface area (Å²) in [6.07, 6.45) is 0. The Labute approximate surface area is 130 Å². The summed E-state index contributed by atoms with van der Waals surface area (Å²) >= 11 is 0. The average Bonchev–Trinajstić information content (AvgIpc) is 2.90. The van der Waals surface area contributed by atoms with Gasteiger partial charge in [0, 0.05) is 10.8 Å². The number of fused-ring (bicyclic) bond motifs is 3. The number of nitrogen functional groups attached to an aromatic ring is 2. The lowest BCUT2D eigenvalue weighted by Crippen LogP contribution is -2.09. The lowest BCUT2D eigenvalue weighted by atomic mass is 10.1. The van der Waals surface area contributed by atoms with E-state index in [0.717, 1.165) is 21.9 Å². The Bertz CT molecular complexity index is 992. The van der Waals surface area contributed by atoms with Gasteiger partial charge in [-0.3, -0.25) is 0 Å². The maximum absolute atomic E-state index is 5.78. The molecule has 0 aliphatic rings. The molecule has 7 heteroatoms. The number of ether oxygens (including phenoxy) is 1. The van der Waals surface area contributed by atoms with Crippen molar-refractivity contribution in [3.63, 3.8) is 0 Å². The summed E-state index contributed by atoms with van der Waals surface area (Å²) in [5.41, 5.74) is 12.7. The minimum absolute atomic E-state index is 0.0763. The predicted octanol–water partition coefficient (Wildman–Crippen LogP) is 2.51. The molecule has 23 heavy (non-hydrogen) atoms. The van der Waals surface area contributed by atoms with Gasteiger partial charge in [-0.05, 0) is 24.3 Å². The topological polar surface area (TPSA) is 113 Å². The minimum atomic E-state index is 0.0763. The second-order valence-corrected chi connectivity index (χ2v) is 5.01. The van der Waals surface area contributed by atoms with Crippen molar-refractivity contribution < 1.29 is 9.15 Å². The molecule has 7 nitrogen and oxygen atoms in total. The molecule has 0 unspecified atom stereocenters. The van der Waals surface area contributed by atoms with Crippen LogP contribution >= 0.6 is 0 Å². The summed E-state index contributed by atoms with van der Waals surface area (Å²) < 4.78 is 11.5. The first-order valence-corrected chi connectivity index (χ1v) is 6.99. The van der Waals surface area contributed by atoms with Crippen LogP contribution in [0.2, 0.25) is 0 Å². The molecule has 0 fully saturated rings. The number of aromatic nitrogens is 3. The SMILES string of the molecule is Nc1nc(N)nc(COc2ccc3oc4ccccc4c3c2)n1. The van der Waals surface area contributed by atoms with Crippen LogP contribution in [0.15, 0.2) is 46.9 Å². The molecule has 0 radical (unpaired) electrons. The van der Waals surface area contributed by atoms with E-state index in [1.165, 1.54) is 0 Å². The molecule has 2 aromatic heterocycles. The fourth-order valence-electron chi connectivity index (χ4n) is 2.46. The number of nitrogens with two attached hydrogens (primary N) is 2. The Kier molecular flexibility index (Phi) is 2.97. The third-order valence-electron chi connectivity index (χ3n) is 3.43. The van der Waals surface area contributed by atoms with Gasteiger partial charge in [-0.25, -0.2) is 0 Å². The van der Waals surface area contributed by atoms with Crippen molar-refractivity contribution in [2.45, 2.75) is 6.61 Å². The largest absolute Gasteiger partial charge is 0.486 e. The second-order valence-electron chi connectivity index (χ2n) is 5.01. The van der Waals surface area contributed by atoms with Crippen molar-refractivity contribution in [3.05, 3.63) is 48.3 Å². The van der Waals surface area contributed by atoms with Crippen LogP contribution in [-0.2, 0) is 6.61 Å². The Balaban J connectivity index is 1.65. The zero-order chi connectivity index (χ0) is 15.8. The second kappa shape index (κ2) is 5.13. The summed E-state index contributed by atoms with van der Waals surface area (Å²) in [5.74, 6) is 1.22. The first-order chi connectivity index (χ1) is 11.2. The molecule has 114 valence electrons. The van der Waals surface area contributed by atoms with Crippen molar-refractivity contribution >= 4 is 33.8 Å². The average molecular weight is 307 g/mol. The highest BCUT2D eigenvalue weighted by molar-refractivity contribution is 6.05. The van der Waals surface area contributed by atoms with Crippen molar-refractivity contribution in [1.29, 1.82) is 0 Å². The highest BCUT2D eigenvalue weighted by Gasteiger charge is 2.08. The fraction of sp³-hybridized carbons (Fsp3) is 0.0625. The molecule has 0 aliphatic carbocycles. The lowest BCUT2D eigenvalue weighted by Gasteiger charge is -2.06. The smallest absolute Gasteiger partial charge is 0.225 e. The van der Waals surface area contributed by atoms with Gasteiger partial charge in [-0.2, -0.15) is 15.0 Å². The molecular formula is C16H13N5O2. The Morgan fingerprint density at radius 2 is 1.61 bits per heavy atom. The molecule has 0 bridgehead atoms. The molecule has 0 atom stereocenters. The highest BCUT2D eigenvalue weighted by atomic mass is 16.5. The van der Waals surface area contributed by atoms with Crippen LogP contribution in [0.3, 0.4) is 0 Å². The fourth-order valence-corrected chi connectivity index (χ4v) is 2.46. The molecular weight excluding hydrogens is 294 g/mol. The van der Waals surface area contributed by atoms with Gasteiger partial charge >= 0.3 is 0 Å². The van der Waals surface area contributed by atoms with Crippen LogP contribution in [0.4, 0.5) is 11.9 Å². The molecule has 4 aromatic rings. The van der Waals surface area contributed by atoms with Gasteiger partial charge in [-0.1, -0.05) is 18.2 Å². The van der Waals surface area contributed by atoms with E-state index in [4.69, 9.17) is 20.6 Å². The standard InChI is InChI=1S/C16H13N5O2/c17-15-19-14(20-16(18)21-15)8-22-9-5-6-13-11(7-9)10-3-1-2-4-12(10)23-13/h1-7H,8H2,(H4,17,18,19,20,21). The molecule has 2 aromatic carbocycles. The molecule has 0 saturated carbocycles. The predicted molar refractivity (Wildman–Crippen MR) is 86.7 cm³/mol. The Morgan fingerprint density at radius 3 is 2.43 bits per heavy atom. The highest BCUT2D eigenvalue weighted by Crippen LogP contribution is 2.31. The zero-order valence-corrected chi connectivity index (χ0v) is 12.1. The van der Waals surface area contributed by atoms with Crippen LogP contribution in [0.1, 0.15) is 5.82 Å². The number of nitrogens with zero attached hydrogens (tertiary/aromatic N) is 3. The van der Waals surface area contributed by atoms with Crippen LogP contribution in [0.5, 0.6) is 5.75 Å². The number of anilines is 2. The van der Waals surface area contributed by atoms with Gasteiger partial charge < -0.3 is 20.6 Å². The zero-order valence-electron chi connectivity index (χ0n) is 12.1. The van der Waals surface area contributed by atoms with Gasteiger partial charge in [0.2, 0.25) is 11.9 Å². The van der Waals surface area contributed by atoms with E-state index in [1.807, 2.05) is 42.5 Å². The molecule has 4 rings (SSSR count). The Hall–Kier alpha value is -3.35. The first kappa shape index (κ1) is 13.3. The molecule has 0 aliphatic heterocycles. The first-order valence-electron chi connectivity index (χ1n) is 6.99. The van der Waals surface area contributed by atoms with E-state index in [9.17, 15) is 0 Å². The normalized spacial score (nSPS) is 11.1. The van der Waals surface area contributed by atoms with Crippen LogP contribution in [-0.4, -0.2) is 15.0 Å². The molecule has 4 N–H and O–H groups in total. The van der Waals surface area contributed by atoms with E-state index in [-0.39, 0.29) is 18.5 Å². The molecule has 2 heterocycles. The van der Waals surface area contributed by atoms with Crippen LogP contribution < -0.4 is 16.2 Å². The van der Waals surface area contributed by atoms with Crippen LogP contribution in [0.25, 0.3) is 21.9 Å². The number of rotatable bonds is 3.